The predicted octanol–water partition coefficient (Wildman–Crippen LogP) is 1.60. The fourth-order valence-corrected chi connectivity index (χ4v) is 2.57. The third-order valence-corrected chi connectivity index (χ3v) is 3.51. The Labute approximate surface area is 117 Å². The molecule has 0 aromatic heterocycles. The van der Waals surface area contributed by atoms with Gasteiger partial charge in [0.1, 0.15) is 5.75 Å². The molecule has 1 aliphatic carbocycles. The van der Waals surface area contributed by atoms with Crippen molar-refractivity contribution in [1.29, 1.82) is 0 Å². The summed E-state index contributed by atoms with van der Waals surface area (Å²) in [5, 5.41) is 9.52. The summed E-state index contributed by atoms with van der Waals surface area (Å²) in [7, 11) is 0. The van der Waals surface area contributed by atoms with Crippen molar-refractivity contribution in [3.63, 3.8) is 0 Å². The number of rotatable bonds is 4. The normalized spacial score (nSPS) is 15.5. The Morgan fingerprint density at radius 1 is 1.10 bits per heavy atom. The predicted molar refractivity (Wildman–Crippen MR) is 71.2 cm³/mol. The summed E-state index contributed by atoms with van der Waals surface area (Å²) < 4.78 is 10.1. The molecule has 0 amide bonds. The molecule has 0 heterocycles. The molecule has 0 fully saturated rings. The van der Waals surface area contributed by atoms with Crippen LogP contribution in [0.25, 0.3) is 0 Å². The number of hydrogen-bond acceptors (Lipinski definition) is 5. The van der Waals surface area contributed by atoms with Crippen LogP contribution >= 0.6 is 0 Å². The Morgan fingerprint density at radius 2 is 1.65 bits per heavy atom. The van der Waals surface area contributed by atoms with E-state index in [1.807, 2.05) is 0 Å². The molecule has 0 radical (unpaired) electrons. The molecular weight excluding hydrogens is 260 g/mol. The van der Waals surface area contributed by atoms with Gasteiger partial charge in [0, 0.05) is 0 Å². The molecule has 1 aliphatic rings. The first-order valence-corrected chi connectivity index (χ1v) is 6.68. The van der Waals surface area contributed by atoms with E-state index >= 15 is 0 Å². The van der Waals surface area contributed by atoms with Gasteiger partial charge < -0.3 is 14.6 Å². The van der Waals surface area contributed by atoms with Crippen LogP contribution in [0.4, 0.5) is 0 Å². The van der Waals surface area contributed by atoms with Gasteiger partial charge in [-0.15, -0.1) is 0 Å². The Kier molecular flexibility index (Phi) is 3.97. The van der Waals surface area contributed by atoms with E-state index in [-0.39, 0.29) is 31.8 Å². The minimum absolute atomic E-state index is 0.118. The highest BCUT2D eigenvalue weighted by atomic mass is 16.6. The molecule has 0 unspecified atom stereocenters. The third-order valence-electron chi connectivity index (χ3n) is 3.51. The summed E-state index contributed by atoms with van der Waals surface area (Å²) in [6, 6.07) is 4.85. The number of esters is 2. The minimum Gasteiger partial charge on any atom is -0.508 e. The second-order valence-electron chi connectivity index (χ2n) is 4.83. The lowest BCUT2D eigenvalue weighted by molar-refractivity contribution is -0.171. The van der Waals surface area contributed by atoms with Crippen molar-refractivity contribution in [2.45, 2.75) is 26.7 Å². The third kappa shape index (κ3) is 2.35. The second kappa shape index (κ2) is 5.53. The molecule has 5 heteroatoms. The zero-order chi connectivity index (χ0) is 14.8. The number of carbonyl (C=O) groups is 2. The zero-order valence-corrected chi connectivity index (χ0v) is 11.6. The van der Waals surface area contributed by atoms with Gasteiger partial charge in [0.25, 0.3) is 0 Å². The highest BCUT2D eigenvalue weighted by Gasteiger charge is 2.52. The van der Waals surface area contributed by atoms with Gasteiger partial charge in [-0.05, 0) is 49.9 Å². The Hall–Kier alpha value is -2.04. The summed E-state index contributed by atoms with van der Waals surface area (Å²) in [6.07, 6.45) is 0.453. The lowest BCUT2D eigenvalue weighted by atomic mass is 9.85. The van der Waals surface area contributed by atoms with Crippen LogP contribution in [0.1, 0.15) is 25.0 Å². The SMILES string of the molecule is CCOC(=O)C1(C(=O)OCC)Cc2ccc(O)cc2C1. The fourth-order valence-electron chi connectivity index (χ4n) is 2.57. The van der Waals surface area contributed by atoms with Gasteiger partial charge >= 0.3 is 11.9 Å². The van der Waals surface area contributed by atoms with Crippen LogP contribution in [0, 0.1) is 5.41 Å². The smallest absolute Gasteiger partial charge is 0.324 e. The Balaban J connectivity index is 2.37. The monoisotopic (exact) mass is 278 g/mol. The molecule has 0 bridgehead atoms. The van der Waals surface area contributed by atoms with Gasteiger partial charge in [-0.1, -0.05) is 6.07 Å². The first kappa shape index (κ1) is 14.4. The van der Waals surface area contributed by atoms with E-state index in [1.165, 1.54) is 0 Å². The van der Waals surface area contributed by atoms with Crippen molar-refractivity contribution >= 4 is 11.9 Å². The average molecular weight is 278 g/mol. The van der Waals surface area contributed by atoms with E-state index in [9.17, 15) is 14.7 Å². The molecule has 0 atom stereocenters. The molecular formula is C15H18O5. The second-order valence-corrected chi connectivity index (χ2v) is 4.83. The van der Waals surface area contributed by atoms with Crippen molar-refractivity contribution in [1.82, 2.24) is 0 Å². The molecule has 0 saturated heterocycles. The quantitative estimate of drug-likeness (QED) is 0.669. The van der Waals surface area contributed by atoms with Crippen LogP contribution in [0.15, 0.2) is 18.2 Å². The summed E-state index contributed by atoms with van der Waals surface area (Å²) >= 11 is 0. The first-order valence-electron chi connectivity index (χ1n) is 6.68. The maximum atomic E-state index is 12.3. The topological polar surface area (TPSA) is 72.8 Å². The van der Waals surface area contributed by atoms with E-state index in [0.29, 0.717) is 0 Å². The molecule has 0 saturated carbocycles. The van der Waals surface area contributed by atoms with Gasteiger partial charge in [-0.3, -0.25) is 9.59 Å². The van der Waals surface area contributed by atoms with Crippen LogP contribution in [-0.2, 0) is 31.9 Å². The summed E-state index contributed by atoms with van der Waals surface area (Å²) in [6.45, 7) is 3.82. The number of phenols is 1. The van der Waals surface area contributed by atoms with Crippen LogP contribution in [0.2, 0.25) is 0 Å². The standard InChI is InChI=1S/C15H18O5/c1-3-19-13(17)15(14(18)20-4-2)8-10-5-6-12(16)7-11(10)9-15/h5-7,16H,3-4,8-9H2,1-2H3. The van der Waals surface area contributed by atoms with Crippen LogP contribution in [-0.4, -0.2) is 30.3 Å². The largest absolute Gasteiger partial charge is 0.508 e. The number of aromatic hydroxyl groups is 1. The molecule has 1 N–H and O–H groups in total. The van der Waals surface area contributed by atoms with E-state index in [1.54, 1.807) is 32.0 Å². The van der Waals surface area contributed by atoms with Crippen LogP contribution in [0.5, 0.6) is 5.75 Å². The minimum atomic E-state index is -1.32. The molecule has 5 nitrogen and oxygen atoms in total. The van der Waals surface area contributed by atoms with E-state index in [0.717, 1.165) is 11.1 Å². The van der Waals surface area contributed by atoms with Gasteiger partial charge in [0.15, 0.2) is 5.41 Å². The summed E-state index contributed by atoms with van der Waals surface area (Å²) in [5.74, 6) is -1.00. The average Bonchev–Trinajstić information content (AvgIpc) is 2.79. The van der Waals surface area contributed by atoms with Crippen molar-refractivity contribution < 1.29 is 24.2 Å². The van der Waals surface area contributed by atoms with Gasteiger partial charge in [0.2, 0.25) is 0 Å². The highest BCUT2D eigenvalue weighted by Crippen LogP contribution is 2.40. The van der Waals surface area contributed by atoms with Crippen molar-refractivity contribution in [3.05, 3.63) is 29.3 Å². The highest BCUT2D eigenvalue weighted by molar-refractivity contribution is 6.01. The Morgan fingerprint density at radius 3 is 2.20 bits per heavy atom. The van der Waals surface area contributed by atoms with E-state index in [2.05, 4.69) is 0 Å². The summed E-state index contributed by atoms with van der Waals surface area (Å²) in [4.78, 5) is 24.5. The molecule has 0 aliphatic heterocycles. The molecule has 20 heavy (non-hydrogen) atoms. The molecule has 2 rings (SSSR count). The lowest BCUT2D eigenvalue weighted by Gasteiger charge is -2.23. The number of phenolic OH excluding ortho intramolecular Hbond substituents is 1. The van der Waals surface area contributed by atoms with E-state index in [4.69, 9.17) is 9.47 Å². The number of ether oxygens (including phenoxy) is 2. The maximum absolute atomic E-state index is 12.3. The van der Waals surface area contributed by atoms with Gasteiger partial charge in [0.05, 0.1) is 13.2 Å². The summed E-state index contributed by atoms with van der Waals surface area (Å²) in [5.41, 5.74) is 0.331. The van der Waals surface area contributed by atoms with Gasteiger partial charge in [-0.25, -0.2) is 0 Å². The lowest BCUT2D eigenvalue weighted by Crippen LogP contribution is -2.43. The number of hydrogen-bond donors (Lipinski definition) is 1. The first-order chi connectivity index (χ1) is 9.53. The van der Waals surface area contributed by atoms with Gasteiger partial charge in [-0.2, -0.15) is 0 Å². The number of fused-ring (bicyclic) bond motifs is 1. The fraction of sp³-hybridized carbons (Fsp3) is 0.467. The van der Waals surface area contributed by atoms with Crippen LogP contribution < -0.4 is 0 Å². The zero-order valence-electron chi connectivity index (χ0n) is 11.6. The molecule has 1 aromatic carbocycles. The maximum Gasteiger partial charge on any atom is 0.324 e. The molecule has 0 spiro atoms. The van der Waals surface area contributed by atoms with Crippen molar-refractivity contribution in [2.24, 2.45) is 5.41 Å². The van der Waals surface area contributed by atoms with Crippen molar-refractivity contribution in [2.75, 3.05) is 13.2 Å². The molecule has 1 aromatic rings. The van der Waals surface area contributed by atoms with Crippen LogP contribution in [0.3, 0.4) is 0 Å². The van der Waals surface area contributed by atoms with E-state index < -0.39 is 17.4 Å². The van der Waals surface area contributed by atoms with Crippen molar-refractivity contribution in [3.8, 4) is 5.75 Å². The number of carbonyl (C=O) groups excluding carboxylic acids is 2. The molecule has 108 valence electrons. The Bertz CT molecular complexity index is 517. The number of benzene rings is 1.